The molecular formula is C41H81N2+. The van der Waals surface area contributed by atoms with Gasteiger partial charge in [-0.25, -0.2) is 9.13 Å². The first-order valence-corrected chi connectivity index (χ1v) is 20.4. The molecule has 0 aliphatic rings. The van der Waals surface area contributed by atoms with Crippen molar-refractivity contribution in [1.82, 2.24) is 4.57 Å². The Balaban J connectivity index is 2.16. The first kappa shape index (κ1) is 40.2. The van der Waals surface area contributed by atoms with Gasteiger partial charge >= 0.3 is 0 Å². The quantitative estimate of drug-likeness (QED) is 0.0540. The molecule has 0 atom stereocenters. The molecule has 1 aromatic rings. The fourth-order valence-corrected chi connectivity index (χ4v) is 6.86. The Hall–Kier alpha value is -0.790. The molecule has 254 valence electrons. The molecule has 0 unspecified atom stereocenters. The van der Waals surface area contributed by atoms with Crippen LogP contribution < -0.4 is 4.57 Å². The summed E-state index contributed by atoms with van der Waals surface area (Å²) in [6, 6.07) is 0. The van der Waals surface area contributed by atoms with Gasteiger partial charge in [0.05, 0.1) is 13.1 Å². The van der Waals surface area contributed by atoms with Crippen LogP contribution >= 0.6 is 0 Å². The Morgan fingerprint density at radius 2 is 0.721 bits per heavy atom. The molecule has 0 aromatic carbocycles. The van der Waals surface area contributed by atoms with Crippen LogP contribution in [0.25, 0.3) is 0 Å². The van der Waals surface area contributed by atoms with E-state index in [0.717, 1.165) is 0 Å². The van der Waals surface area contributed by atoms with Gasteiger partial charge in [0.25, 0.3) is 5.82 Å². The maximum atomic E-state index is 2.63. The van der Waals surface area contributed by atoms with Crippen LogP contribution in [-0.4, -0.2) is 4.57 Å². The van der Waals surface area contributed by atoms with Crippen LogP contribution in [0.2, 0.25) is 0 Å². The Bertz CT molecular complexity index is 663. The Morgan fingerprint density at radius 3 is 1.12 bits per heavy atom. The molecule has 0 N–H and O–H groups in total. The second-order valence-electron chi connectivity index (χ2n) is 14.1. The van der Waals surface area contributed by atoms with E-state index < -0.39 is 0 Å². The van der Waals surface area contributed by atoms with Crippen molar-refractivity contribution in [2.45, 2.75) is 246 Å². The van der Waals surface area contributed by atoms with Crippen molar-refractivity contribution in [1.29, 1.82) is 0 Å². The van der Waals surface area contributed by atoms with Gasteiger partial charge in [0, 0.05) is 6.42 Å². The van der Waals surface area contributed by atoms with E-state index in [1.165, 1.54) is 225 Å². The molecule has 1 heterocycles. The summed E-state index contributed by atoms with van der Waals surface area (Å²) in [4.78, 5) is 0. The van der Waals surface area contributed by atoms with Gasteiger partial charge in [0.2, 0.25) is 0 Å². The van der Waals surface area contributed by atoms with Gasteiger partial charge < -0.3 is 0 Å². The molecule has 0 saturated carbocycles. The summed E-state index contributed by atoms with van der Waals surface area (Å²) in [6.45, 7) is 9.39. The Kier molecular flexibility index (Phi) is 30.5. The summed E-state index contributed by atoms with van der Waals surface area (Å²) in [7, 11) is 0. The molecule has 0 radical (unpaired) electrons. The number of aromatic nitrogens is 2. The lowest BCUT2D eigenvalue weighted by Crippen LogP contribution is -2.37. The highest BCUT2D eigenvalue weighted by Crippen LogP contribution is 2.15. The lowest BCUT2D eigenvalue weighted by Gasteiger charge is -2.07. The maximum Gasteiger partial charge on any atom is 0.256 e. The zero-order valence-electron chi connectivity index (χ0n) is 30.3. The molecular weight excluding hydrogens is 520 g/mol. The van der Waals surface area contributed by atoms with E-state index in [9.17, 15) is 0 Å². The zero-order chi connectivity index (χ0) is 30.9. The van der Waals surface area contributed by atoms with E-state index in [1.54, 1.807) is 5.82 Å². The average Bonchev–Trinajstić information content (AvgIpc) is 3.40. The SMILES string of the molecule is CCCCCCCCCCCCCCCCc1n(CCCCCC)cc[n+]1CCCCCCCCCCCCCCCC. The van der Waals surface area contributed by atoms with Crippen LogP contribution in [0.15, 0.2) is 12.4 Å². The minimum Gasteiger partial charge on any atom is -0.234 e. The second kappa shape index (κ2) is 32.6. The van der Waals surface area contributed by atoms with E-state index >= 15 is 0 Å². The minimum absolute atomic E-state index is 1.22. The molecule has 1 rings (SSSR count). The molecule has 2 heteroatoms. The first-order valence-electron chi connectivity index (χ1n) is 20.4. The number of rotatable bonds is 35. The second-order valence-corrected chi connectivity index (χ2v) is 14.1. The standard InChI is InChI=1S/C41H81N2/c1-4-7-10-13-15-17-19-21-23-25-27-29-31-33-36-41-42(37-34-12-9-6-3)39-40-43(41)38-35-32-30-28-26-24-22-20-18-16-14-11-8-5-2/h39-40H,4-38H2,1-3H3/q+1. The number of imidazole rings is 1. The van der Waals surface area contributed by atoms with Crippen molar-refractivity contribution >= 4 is 0 Å². The predicted octanol–water partition coefficient (Wildman–Crippen LogP) is 13.9. The summed E-state index contributed by atoms with van der Waals surface area (Å²) in [5, 5.41) is 0. The molecule has 0 spiro atoms. The van der Waals surface area contributed by atoms with Crippen LogP contribution in [0.1, 0.15) is 232 Å². The van der Waals surface area contributed by atoms with Crippen LogP contribution in [0.4, 0.5) is 0 Å². The molecule has 43 heavy (non-hydrogen) atoms. The molecule has 0 aliphatic heterocycles. The summed E-state index contributed by atoms with van der Waals surface area (Å²) in [5.41, 5.74) is 0. The number of aryl methyl sites for hydroxylation is 2. The normalized spacial score (nSPS) is 11.6. The monoisotopic (exact) mass is 602 g/mol. The van der Waals surface area contributed by atoms with Crippen LogP contribution in [0.5, 0.6) is 0 Å². The summed E-state index contributed by atoms with van der Waals surface area (Å²) in [6.07, 6.45) is 51.9. The number of unbranched alkanes of at least 4 members (excludes halogenated alkanes) is 29. The molecule has 2 nitrogen and oxygen atoms in total. The fourth-order valence-electron chi connectivity index (χ4n) is 6.86. The lowest BCUT2D eigenvalue weighted by molar-refractivity contribution is -0.704. The average molecular weight is 602 g/mol. The van der Waals surface area contributed by atoms with Crippen molar-refractivity contribution in [3.8, 4) is 0 Å². The van der Waals surface area contributed by atoms with E-state index in [0.29, 0.717) is 0 Å². The van der Waals surface area contributed by atoms with Crippen molar-refractivity contribution < 1.29 is 4.57 Å². The molecule has 0 aliphatic carbocycles. The third-order valence-corrected chi connectivity index (χ3v) is 9.85. The maximum absolute atomic E-state index is 2.63. The predicted molar refractivity (Wildman–Crippen MR) is 193 cm³/mol. The largest absolute Gasteiger partial charge is 0.256 e. The Labute approximate surface area is 272 Å². The van der Waals surface area contributed by atoms with Crippen molar-refractivity contribution in [2.75, 3.05) is 0 Å². The summed E-state index contributed by atoms with van der Waals surface area (Å²) >= 11 is 0. The van der Waals surface area contributed by atoms with Crippen molar-refractivity contribution in [3.63, 3.8) is 0 Å². The summed E-state index contributed by atoms with van der Waals surface area (Å²) < 4.78 is 5.24. The van der Waals surface area contributed by atoms with Gasteiger partial charge in [0.1, 0.15) is 12.4 Å². The van der Waals surface area contributed by atoms with Gasteiger partial charge in [-0.3, -0.25) is 0 Å². The van der Waals surface area contributed by atoms with E-state index in [2.05, 4.69) is 42.3 Å². The smallest absolute Gasteiger partial charge is 0.234 e. The highest BCUT2D eigenvalue weighted by molar-refractivity contribution is 4.84. The van der Waals surface area contributed by atoms with E-state index in [-0.39, 0.29) is 0 Å². The topological polar surface area (TPSA) is 8.81 Å². The number of nitrogens with zero attached hydrogens (tertiary/aromatic N) is 2. The van der Waals surface area contributed by atoms with E-state index in [1.807, 2.05) is 0 Å². The minimum atomic E-state index is 1.22. The van der Waals surface area contributed by atoms with Gasteiger partial charge in [-0.2, -0.15) is 0 Å². The lowest BCUT2D eigenvalue weighted by atomic mass is 10.0. The summed E-state index contributed by atoms with van der Waals surface area (Å²) in [5.74, 6) is 1.62. The molecule has 0 saturated heterocycles. The zero-order valence-corrected chi connectivity index (χ0v) is 30.3. The number of hydrogen-bond acceptors (Lipinski definition) is 0. The fraction of sp³-hybridized carbons (Fsp3) is 0.927. The van der Waals surface area contributed by atoms with E-state index in [4.69, 9.17) is 0 Å². The van der Waals surface area contributed by atoms with Crippen LogP contribution in [0.3, 0.4) is 0 Å². The molecule has 1 aromatic heterocycles. The third kappa shape index (κ3) is 25.1. The van der Waals surface area contributed by atoms with Crippen molar-refractivity contribution in [3.05, 3.63) is 18.2 Å². The number of hydrogen-bond donors (Lipinski definition) is 0. The van der Waals surface area contributed by atoms with Gasteiger partial charge in [-0.15, -0.1) is 0 Å². The molecule has 0 fully saturated rings. The van der Waals surface area contributed by atoms with Gasteiger partial charge in [-0.1, -0.05) is 194 Å². The highest BCUT2D eigenvalue weighted by Gasteiger charge is 2.16. The van der Waals surface area contributed by atoms with Crippen molar-refractivity contribution in [2.24, 2.45) is 0 Å². The Morgan fingerprint density at radius 1 is 0.395 bits per heavy atom. The van der Waals surface area contributed by atoms with Crippen LogP contribution in [-0.2, 0) is 19.5 Å². The van der Waals surface area contributed by atoms with Gasteiger partial charge in [0.15, 0.2) is 0 Å². The molecule has 0 amide bonds. The van der Waals surface area contributed by atoms with Gasteiger partial charge in [-0.05, 0) is 32.1 Å². The first-order chi connectivity index (χ1) is 21.3. The molecule has 0 bridgehead atoms. The van der Waals surface area contributed by atoms with Crippen LogP contribution in [0, 0.1) is 0 Å². The highest BCUT2D eigenvalue weighted by atomic mass is 15.1. The third-order valence-electron chi connectivity index (χ3n) is 9.85.